The first-order valence-corrected chi connectivity index (χ1v) is 6.07. The van der Waals surface area contributed by atoms with Crippen LogP contribution in [0.3, 0.4) is 0 Å². The summed E-state index contributed by atoms with van der Waals surface area (Å²) in [5, 5.41) is 14.2. The average molecular weight is 234 g/mol. The minimum Gasteiger partial charge on any atom is -0.384 e. The zero-order chi connectivity index (χ0) is 12.4. The monoisotopic (exact) mass is 234 g/mol. The van der Waals surface area contributed by atoms with Gasteiger partial charge >= 0.3 is 0 Å². The van der Waals surface area contributed by atoms with Gasteiger partial charge in [0, 0.05) is 23.9 Å². The molecule has 0 atom stereocenters. The maximum absolute atomic E-state index is 10.9. The van der Waals surface area contributed by atoms with Gasteiger partial charge in [-0.2, -0.15) is 0 Å². The van der Waals surface area contributed by atoms with Crippen molar-refractivity contribution in [1.29, 1.82) is 0 Å². The standard InChI is InChI=1S/C13H18N2O2/c1-9-6-10(2)13(15(16)17)7-12(9)14-8-11-4-3-5-11/h6-7,11,14H,3-5,8H2,1-2H3. The summed E-state index contributed by atoms with van der Waals surface area (Å²) in [4.78, 5) is 10.6. The second kappa shape index (κ2) is 4.73. The lowest BCUT2D eigenvalue weighted by molar-refractivity contribution is -0.385. The van der Waals surface area contributed by atoms with E-state index in [2.05, 4.69) is 5.32 Å². The molecule has 0 saturated heterocycles. The molecule has 0 aliphatic heterocycles. The smallest absolute Gasteiger partial charge is 0.274 e. The van der Waals surface area contributed by atoms with E-state index in [0.717, 1.165) is 29.3 Å². The van der Waals surface area contributed by atoms with E-state index < -0.39 is 0 Å². The minimum atomic E-state index is -0.316. The summed E-state index contributed by atoms with van der Waals surface area (Å²) in [6, 6.07) is 3.53. The van der Waals surface area contributed by atoms with Crippen molar-refractivity contribution in [2.45, 2.75) is 33.1 Å². The molecule has 1 N–H and O–H groups in total. The Hall–Kier alpha value is -1.58. The van der Waals surface area contributed by atoms with Crippen LogP contribution in [0.4, 0.5) is 11.4 Å². The van der Waals surface area contributed by atoms with Crippen LogP contribution in [0.15, 0.2) is 12.1 Å². The molecule has 0 unspecified atom stereocenters. The van der Waals surface area contributed by atoms with E-state index in [1.807, 2.05) is 13.0 Å². The maximum Gasteiger partial charge on any atom is 0.274 e. The van der Waals surface area contributed by atoms with Crippen LogP contribution < -0.4 is 5.32 Å². The topological polar surface area (TPSA) is 55.2 Å². The number of benzene rings is 1. The zero-order valence-corrected chi connectivity index (χ0v) is 10.3. The Labute approximate surface area is 101 Å². The van der Waals surface area contributed by atoms with Gasteiger partial charge in [0.15, 0.2) is 0 Å². The van der Waals surface area contributed by atoms with Crippen molar-refractivity contribution in [2.75, 3.05) is 11.9 Å². The first-order valence-electron chi connectivity index (χ1n) is 6.07. The van der Waals surface area contributed by atoms with Gasteiger partial charge in [0.1, 0.15) is 0 Å². The van der Waals surface area contributed by atoms with Gasteiger partial charge in [-0.25, -0.2) is 0 Å². The van der Waals surface area contributed by atoms with Gasteiger partial charge in [0.25, 0.3) is 5.69 Å². The third-order valence-corrected chi connectivity index (χ3v) is 3.55. The van der Waals surface area contributed by atoms with Gasteiger partial charge in [-0.3, -0.25) is 10.1 Å². The molecule has 0 bridgehead atoms. The predicted octanol–water partition coefficient (Wildman–Crippen LogP) is 3.42. The van der Waals surface area contributed by atoms with E-state index in [1.165, 1.54) is 19.3 Å². The second-order valence-corrected chi connectivity index (χ2v) is 4.89. The number of nitrogens with zero attached hydrogens (tertiary/aromatic N) is 1. The van der Waals surface area contributed by atoms with E-state index in [9.17, 15) is 10.1 Å². The number of nitro benzene ring substituents is 1. The van der Waals surface area contributed by atoms with Crippen LogP contribution in [0.5, 0.6) is 0 Å². The van der Waals surface area contributed by atoms with Crippen LogP contribution in [0.25, 0.3) is 0 Å². The summed E-state index contributed by atoms with van der Waals surface area (Å²) in [6.45, 7) is 4.70. The fourth-order valence-electron chi connectivity index (χ4n) is 2.18. The van der Waals surface area contributed by atoms with Crippen LogP contribution in [-0.2, 0) is 0 Å². The summed E-state index contributed by atoms with van der Waals surface area (Å²) < 4.78 is 0. The second-order valence-electron chi connectivity index (χ2n) is 4.89. The Morgan fingerprint density at radius 3 is 2.59 bits per heavy atom. The molecule has 17 heavy (non-hydrogen) atoms. The molecular formula is C13H18N2O2. The molecule has 1 aromatic rings. The molecule has 92 valence electrons. The van der Waals surface area contributed by atoms with Crippen LogP contribution in [-0.4, -0.2) is 11.5 Å². The summed E-state index contributed by atoms with van der Waals surface area (Å²) in [5.41, 5.74) is 2.90. The zero-order valence-electron chi connectivity index (χ0n) is 10.3. The van der Waals surface area contributed by atoms with Crippen LogP contribution >= 0.6 is 0 Å². The molecule has 1 aromatic carbocycles. The highest BCUT2D eigenvalue weighted by molar-refractivity contribution is 5.60. The van der Waals surface area contributed by atoms with Gasteiger partial charge in [-0.1, -0.05) is 6.42 Å². The first-order chi connectivity index (χ1) is 8.08. The van der Waals surface area contributed by atoms with Gasteiger partial charge in [0.2, 0.25) is 0 Å². The van der Waals surface area contributed by atoms with E-state index in [1.54, 1.807) is 13.0 Å². The van der Waals surface area contributed by atoms with Crippen molar-refractivity contribution >= 4 is 11.4 Å². The molecule has 0 radical (unpaired) electrons. The summed E-state index contributed by atoms with van der Waals surface area (Å²) >= 11 is 0. The summed E-state index contributed by atoms with van der Waals surface area (Å²) in [6.07, 6.45) is 3.87. The molecular weight excluding hydrogens is 216 g/mol. The Kier molecular flexibility index (Phi) is 3.31. The minimum absolute atomic E-state index is 0.201. The lowest BCUT2D eigenvalue weighted by Gasteiger charge is -2.26. The Bertz CT molecular complexity index is 439. The van der Waals surface area contributed by atoms with Gasteiger partial charge in [-0.15, -0.1) is 0 Å². The van der Waals surface area contributed by atoms with Crippen molar-refractivity contribution in [3.63, 3.8) is 0 Å². The lowest BCUT2D eigenvalue weighted by atomic mass is 9.85. The highest BCUT2D eigenvalue weighted by atomic mass is 16.6. The van der Waals surface area contributed by atoms with E-state index in [4.69, 9.17) is 0 Å². The third kappa shape index (κ3) is 2.57. The van der Waals surface area contributed by atoms with Crippen LogP contribution in [0.2, 0.25) is 0 Å². The Morgan fingerprint density at radius 2 is 2.06 bits per heavy atom. The molecule has 1 saturated carbocycles. The van der Waals surface area contributed by atoms with E-state index in [-0.39, 0.29) is 10.6 Å². The summed E-state index contributed by atoms with van der Waals surface area (Å²) in [7, 11) is 0. The Morgan fingerprint density at radius 1 is 1.35 bits per heavy atom. The Balaban J connectivity index is 2.14. The van der Waals surface area contributed by atoms with Crippen molar-refractivity contribution in [3.05, 3.63) is 33.4 Å². The van der Waals surface area contributed by atoms with Gasteiger partial charge < -0.3 is 5.32 Å². The molecule has 0 spiro atoms. The number of rotatable bonds is 4. The van der Waals surface area contributed by atoms with Gasteiger partial charge in [-0.05, 0) is 44.2 Å². The lowest BCUT2D eigenvalue weighted by Crippen LogP contribution is -2.21. The number of hydrogen-bond acceptors (Lipinski definition) is 3. The fourth-order valence-corrected chi connectivity index (χ4v) is 2.18. The van der Waals surface area contributed by atoms with Crippen molar-refractivity contribution in [1.82, 2.24) is 0 Å². The molecule has 0 heterocycles. The van der Waals surface area contributed by atoms with Crippen molar-refractivity contribution in [2.24, 2.45) is 5.92 Å². The number of nitrogens with one attached hydrogen (secondary N) is 1. The van der Waals surface area contributed by atoms with Crippen molar-refractivity contribution in [3.8, 4) is 0 Å². The predicted molar refractivity (Wildman–Crippen MR) is 68.4 cm³/mol. The quantitative estimate of drug-likeness (QED) is 0.641. The molecule has 2 rings (SSSR count). The van der Waals surface area contributed by atoms with Crippen LogP contribution in [0.1, 0.15) is 30.4 Å². The first kappa shape index (κ1) is 11.9. The van der Waals surface area contributed by atoms with Gasteiger partial charge in [0.05, 0.1) is 4.92 Å². The highest BCUT2D eigenvalue weighted by Crippen LogP contribution is 2.29. The summed E-state index contributed by atoms with van der Waals surface area (Å²) in [5.74, 6) is 0.745. The normalized spacial score (nSPS) is 15.4. The average Bonchev–Trinajstić information content (AvgIpc) is 2.18. The molecule has 1 aliphatic rings. The molecule has 4 heteroatoms. The number of hydrogen-bond donors (Lipinski definition) is 1. The number of anilines is 1. The SMILES string of the molecule is Cc1cc(C)c([N+](=O)[O-])cc1NCC1CCC1. The maximum atomic E-state index is 10.9. The fraction of sp³-hybridized carbons (Fsp3) is 0.538. The molecule has 0 amide bonds. The molecule has 1 fully saturated rings. The van der Waals surface area contributed by atoms with E-state index >= 15 is 0 Å². The third-order valence-electron chi connectivity index (χ3n) is 3.55. The van der Waals surface area contributed by atoms with Crippen molar-refractivity contribution < 1.29 is 4.92 Å². The number of nitro groups is 1. The highest BCUT2D eigenvalue weighted by Gasteiger charge is 2.18. The van der Waals surface area contributed by atoms with E-state index in [0.29, 0.717) is 0 Å². The molecule has 4 nitrogen and oxygen atoms in total. The number of aryl methyl sites for hydroxylation is 2. The molecule has 0 aromatic heterocycles. The largest absolute Gasteiger partial charge is 0.384 e. The van der Waals surface area contributed by atoms with Crippen LogP contribution in [0, 0.1) is 29.9 Å². The molecule has 1 aliphatic carbocycles.